The Hall–Kier alpha value is -3.40. The van der Waals surface area contributed by atoms with Crippen molar-refractivity contribution in [1.29, 1.82) is 0 Å². The molecule has 4 rings (SSSR count). The summed E-state index contributed by atoms with van der Waals surface area (Å²) in [4.78, 5) is 28.2. The zero-order chi connectivity index (χ0) is 21.1. The SMILES string of the molecule is C[C@H](OC(=O)C(c1ccccc1)c1ccccc1)C(=O)N1c2ccccc2C[C@@H]1C. The quantitative estimate of drug-likeness (QED) is 0.583. The second-order valence-electron chi connectivity index (χ2n) is 7.72. The van der Waals surface area contributed by atoms with Gasteiger partial charge in [0.05, 0.1) is 0 Å². The number of para-hydroxylation sites is 1. The van der Waals surface area contributed by atoms with Crippen LogP contribution < -0.4 is 4.90 Å². The number of nitrogens with zero attached hydrogens (tertiary/aromatic N) is 1. The summed E-state index contributed by atoms with van der Waals surface area (Å²) < 4.78 is 5.73. The lowest BCUT2D eigenvalue weighted by atomic mass is 9.91. The van der Waals surface area contributed by atoms with Crippen LogP contribution in [0.3, 0.4) is 0 Å². The highest BCUT2D eigenvalue weighted by molar-refractivity contribution is 6.00. The normalized spacial score (nSPS) is 16.2. The molecule has 0 fully saturated rings. The number of fused-ring (bicyclic) bond motifs is 1. The van der Waals surface area contributed by atoms with Gasteiger partial charge in [-0.15, -0.1) is 0 Å². The van der Waals surface area contributed by atoms with Gasteiger partial charge in [0.2, 0.25) is 0 Å². The van der Waals surface area contributed by atoms with Crippen LogP contribution in [-0.2, 0) is 20.7 Å². The summed E-state index contributed by atoms with van der Waals surface area (Å²) in [5, 5.41) is 0. The van der Waals surface area contributed by atoms with Gasteiger partial charge in [0, 0.05) is 11.7 Å². The summed E-state index contributed by atoms with van der Waals surface area (Å²) >= 11 is 0. The van der Waals surface area contributed by atoms with Gasteiger partial charge >= 0.3 is 5.97 Å². The molecule has 0 unspecified atom stereocenters. The van der Waals surface area contributed by atoms with Crippen LogP contribution in [0.2, 0.25) is 0 Å². The Bertz CT molecular complexity index is 993. The van der Waals surface area contributed by atoms with E-state index in [1.807, 2.05) is 91.9 Å². The Morgan fingerprint density at radius 2 is 1.40 bits per heavy atom. The van der Waals surface area contributed by atoms with Crippen molar-refractivity contribution >= 4 is 17.6 Å². The van der Waals surface area contributed by atoms with E-state index in [0.717, 1.165) is 28.8 Å². The molecule has 3 aromatic rings. The molecule has 2 atom stereocenters. The Morgan fingerprint density at radius 1 is 0.867 bits per heavy atom. The molecule has 1 aliphatic heterocycles. The second-order valence-corrected chi connectivity index (χ2v) is 7.72. The number of amides is 1. The minimum absolute atomic E-state index is 0.0371. The first-order valence-electron chi connectivity index (χ1n) is 10.3. The first-order chi connectivity index (χ1) is 14.6. The van der Waals surface area contributed by atoms with Crippen molar-refractivity contribution in [2.75, 3.05) is 4.90 Å². The highest BCUT2D eigenvalue weighted by atomic mass is 16.5. The van der Waals surface area contributed by atoms with E-state index >= 15 is 0 Å². The lowest BCUT2D eigenvalue weighted by Crippen LogP contribution is -2.43. The van der Waals surface area contributed by atoms with Crippen molar-refractivity contribution in [1.82, 2.24) is 0 Å². The van der Waals surface area contributed by atoms with Crippen LogP contribution in [0, 0.1) is 0 Å². The zero-order valence-corrected chi connectivity index (χ0v) is 17.2. The summed E-state index contributed by atoms with van der Waals surface area (Å²) in [6, 6.07) is 27.0. The Kier molecular flexibility index (Phi) is 5.66. The van der Waals surface area contributed by atoms with E-state index in [9.17, 15) is 9.59 Å². The van der Waals surface area contributed by atoms with Crippen LogP contribution >= 0.6 is 0 Å². The molecule has 0 saturated carbocycles. The van der Waals surface area contributed by atoms with Gasteiger partial charge in [-0.1, -0.05) is 78.9 Å². The van der Waals surface area contributed by atoms with Gasteiger partial charge in [0.25, 0.3) is 5.91 Å². The maximum Gasteiger partial charge on any atom is 0.318 e. The van der Waals surface area contributed by atoms with Crippen molar-refractivity contribution in [2.24, 2.45) is 0 Å². The number of rotatable bonds is 5. The number of carbonyl (C=O) groups excluding carboxylic acids is 2. The van der Waals surface area contributed by atoms with Crippen molar-refractivity contribution in [2.45, 2.75) is 38.3 Å². The largest absolute Gasteiger partial charge is 0.452 e. The average molecular weight is 399 g/mol. The smallest absolute Gasteiger partial charge is 0.318 e. The third kappa shape index (κ3) is 3.86. The summed E-state index contributed by atoms with van der Waals surface area (Å²) in [6.07, 6.45) is -0.0692. The predicted octanol–water partition coefficient (Wildman–Crippen LogP) is 4.73. The van der Waals surface area contributed by atoms with Crippen molar-refractivity contribution in [3.63, 3.8) is 0 Å². The van der Waals surface area contributed by atoms with E-state index in [4.69, 9.17) is 4.74 Å². The van der Waals surface area contributed by atoms with Gasteiger partial charge in [-0.25, -0.2) is 0 Å². The maximum atomic E-state index is 13.2. The van der Waals surface area contributed by atoms with Gasteiger partial charge in [-0.2, -0.15) is 0 Å². The van der Waals surface area contributed by atoms with Gasteiger partial charge in [-0.3, -0.25) is 9.59 Å². The molecule has 3 aromatic carbocycles. The minimum Gasteiger partial charge on any atom is -0.452 e. The molecule has 0 radical (unpaired) electrons. The summed E-state index contributed by atoms with van der Waals surface area (Å²) in [5.74, 6) is -1.19. The first kappa shape index (κ1) is 19.9. The molecule has 4 heteroatoms. The van der Waals surface area contributed by atoms with Crippen LogP contribution in [0.25, 0.3) is 0 Å². The maximum absolute atomic E-state index is 13.2. The fraction of sp³-hybridized carbons (Fsp3) is 0.231. The van der Waals surface area contributed by atoms with E-state index in [1.165, 1.54) is 0 Å². The number of carbonyl (C=O) groups is 2. The van der Waals surface area contributed by atoms with Crippen LogP contribution in [0.4, 0.5) is 5.69 Å². The molecule has 1 amide bonds. The fourth-order valence-corrected chi connectivity index (χ4v) is 4.15. The highest BCUT2D eigenvalue weighted by Crippen LogP contribution is 2.33. The number of anilines is 1. The van der Waals surface area contributed by atoms with Crippen LogP contribution in [0.15, 0.2) is 84.9 Å². The van der Waals surface area contributed by atoms with E-state index in [-0.39, 0.29) is 11.9 Å². The second kappa shape index (κ2) is 8.54. The molecular weight excluding hydrogens is 374 g/mol. The topological polar surface area (TPSA) is 46.6 Å². The highest BCUT2D eigenvalue weighted by Gasteiger charge is 2.35. The molecule has 1 heterocycles. The van der Waals surface area contributed by atoms with E-state index < -0.39 is 18.0 Å². The molecule has 0 aliphatic carbocycles. The average Bonchev–Trinajstić information content (AvgIpc) is 3.10. The van der Waals surface area contributed by atoms with Crippen LogP contribution in [-0.4, -0.2) is 24.0 Å². The number of hydrogen-bond acceptors (Lipinski definition) is 3. The van der Waals surface area contributed by atoms with Crippen molar-refractivity contribution in [3.8, 4) is 0 Å². The van der Waals surface area contributed by atoms with Gasteiger partial charge in [-0.05, 0) is 43.0 Å². The van der Waals surface area contributed by atoms with Crippen LogP contribution in [0.1, 0.15) is 36.5 Å². The molecule has 0 bridgehead atoms. The lowest BCUT2D eigenvalue weighted by molar-refractivity contribution is -0.154. The molecule has 0 aromatic heterocycles. The van der Waals surface area contributed by atoms with E-state index in [0.29, 0.717) is 0 Å². The Morgan fingerprint density at radius 3 is 2.00 bits per heavy atom. The number of esters is 1. The van der Waals surface area contributed by atoms with E-state index in [2.05, 4.69) is 0 Å². The summed E-state index contributed by atoms with van der Waals surface area (Å²) in [7, 11) is 0. The molecule has 0 spiro atoms. The number of benzene rings is 3. The fourth-order valence-electron chi connectivity index (χ4n) is 4.15. The monoisotopic (exact) mass is 399 g/mol. The lowest BCUT2D eigenvalue weighted by Gasteiger charge is -2.27. The molecule has 1 aliphatic rings. The number of hydrogen-bond donors (Lipinski definition) is 0. The number of ether oxygens (including phenoxy) is 1. The minimum atomic E-state index is -0.874. The molecule has 0 N–H and O–H groups in total. The zero-order valence-electron chi connectivity index (χ0n) is 17.2. The predicted molar refractivity (Wildman–Crippen MR) is 117 cm³/mol. The van der Waals surface area contributed by atoms with Crippen molar-refractivity contribution in [3.05, 3.63) is 102 Å². The van der Waals surface area contributed by atoms with Gasteiger partial charge < -0.3 is 9.64 Å². The standard InChI is InChI=1S/C26H25NO3/c1-18-17-22-15-9-10-16-23(22)27(18)25(28)19(2)30-26(29)24(20-11-5-3-6-12-20)21-13-7-4-8-14-21/h3-16,18-19,24H,17H2,1-2H3/t18-,19-/m0/s1. The van der Waals surface area contributed by atoms with Gasteiger partial charge in [0.1, 0.15) is 5.92 Å². The first-order valence-corrected chi connectivity index (χ1v) is 10.3. The van der Waals surface area contributed by atoms with Crippen molar-refractivity contribution < 1.29 is 14.3 Å². The van der Waals surface area contributed by atoms with E-state index in [1.54, 1.807) is 11.8 Å². The molecule has 4 nitrogen and oxygen atoms in total. The Labute approximate surface area is 177 Å². The van der Waals surface area contributed by atoms with Crippen LogP contribution in [0.5, 0.6) is 0 Å². The molecule has 152 valence electrons. The molecule has 0 saturated heterocycles. The third-order valence-electron chi connectivity index (χ3n) is 5.59. The molecular formula is C26H25NO3. The summed E-state index contributed by atoms with van der Waals surface area (Å²) in [6.45, 7) is 3.67. The Balaban J connectivity index is 1.56. The summed E-state index contributed by atoms with van der Waals surface area (Å²) in [5.41, 5.74) is 3.73. The molecule has 30 heavy (non-hydrogen) atoms. The third-order valence-corrected chi connectivity index (χ3v) is 5.59. The van der Waals surface area contributed by atoms with Gasteiger partial charge in [0.15, 0.2) is 6.10 Å².